The molecule has 5 rings (SSSR count). The smallest absolute Gasteiger partial charge is 0.412 e. The normalized spacial score (nSPS) is 11.3. The number of carbonyl (C=O) groups excluding carboxylic acids is 1. The monoisotopic (exact) mass is 699 g/mol. The summed E-state index contributed by atoms with van der Waals surface area (Å²) in [4.78, 5) is 25.6. The minimum Gasteiger partial charge on any atom is -0.497 e. The van der Waals surface area contributed by atoms with E-state index in [0.717, 1.165) is 5.56 Å². The van der Waals surface area contributed by atoms with E-state index in [1.165, 1.54) is 32.5 Å². The van der Waals surface area contributed by atoms with Gasteiger partial charge in [-0.2, -0.15) is 4.98 Å². The van der Waals surface area contributed by atoms with E-state index in [2.05, 4.69) is 25.0 Å². The minimum absolute atomic E-state index is 0.00470. The maximum absolute atomic E-state index is 13.9. The average Bonchev–Trinajstić information content (AvgIpc) is 3.11. The number of ether oxygens (including phenoxy) is 5. The second kappa shape index (κ2) is 15.6. The summed E-state index contributed by atoms with van der Waals surface area (Å²) in [6, 6.07) is 25.3. The second-order valence-corrected chi connectivity index (χ2v) is 13.4. The number of aromatic nitrogens is 3. The molecule has 5 aromatic rings. The molecule has 0 atom stereocenters. The van der Waals surface area contributed by atoms with E-state index in [1.54, 1.807) is 78.9 Å². The third-order valence-electron chi connectivity index (χ3n) is 7.16. The fourth-order valence-corrected chi connectivity index (χ4v) is 5.57. The Hall–Kier alpha value is -5.89. The fourth-order valence-electron chi connectivity index (χ4n) is 4.56. The van der Waals surface area contributed by atoms with Gasteiger partial charge in [0.05, 0.1) is 19.1 Å². The summed E-state index contributed by atoms with van der Waals surface area (Å²) in [6.45, 7) is 5.73. The second-order valence-electron chi connectivity index (χ2n) is 11.7. The number of nitrogens with zero attached hydrogens (tertiary/aromatic N) is 3. The molecule has 0 saturated heterocycles. The van der Waals surface area contributed by atoms with Gasteiger partial charge < -0.3 is 23.7 Å². The van der Waals surface area contributed by atoms with Crippen molar-refractivity contribution >= 4 is 27.8 Å². The Kier molecular flexibility index (Phi) is 11.0. The van der Waals surface area contributed by atoms with Crippen molar-refractivity contribution in [1.82, 2.24) is 15.0 Å². The van der Waals surface area contributed by atoms with Crippen LogP contribution in [0.5, 0.6) is 28.9 Å². The van der Waals surface area contributed by atoms with Crippen LogP contribution in [0.3, 0.4) is 0 Å². The number of hydrogen-bond donors (Lipinski definition) is 2. The molecule has 0 unspecified atom stereocenters. The number of para-hydroxylation sites is 2. The van der Waals surface area contributed by atoms with E-state index in [4.69, 9.17) is 23.7 Å². The number of anilines is 2. The van der Waals surface area contributed by atoms with Crippen LogP contribution in [0, 0.1) is 0 Å². The van der Waals surface area contributed by atoms with Crippen LogP contribution in [0.15, 0.2) is 102 Å². The number of benzene rings is 3. The van der Waals surface area contributed by atoms with Crippen molar-refractivity contribution in [3.63, 3.8) is 0 Å². The predicted molar refractivity (Wildman–Crippen MR) is 188 cm³/mol. The molecule has 0 radical (unpaired) electrons. The van der Waals surface area contributed by atoms with Crippen LogP contribution in [0.4, 0.5) is 16.4 Å². The van der Waals surface area contributed by atoms with Gasteiger partial charge in [-0.25, -0.2) is 23.2 Å². The third kappa shape index (κ3) is 8.96. The highest BCUT2D eigenvalue weighted by atomic mass is 32.2. The quantitative estimate of drug-likeness (QED) is 0.121. The van der Waals surface area contributed by atoms with Crippen molar-refractivity contribution in [2.45, 2.75) is 31.1 Å². The van der Waals surface area contributed by atoms with Gasteiger partial charge in [0.2, 0.25) is 5.75 Å². The number of pyridine rings is 1. The molecule has 0 aliphatic heterocycles. The van der Waals surface area contributed by atoms with E-state index in [9.17, 15) is 13.2 Å². The van der Waals surface area contributed by atoms with Gasteiger partial charge >= 0.3 is 6.09 Å². The minimum atomic E-state index is -4.22. The van der Waals surface area contributed by atoms with Gasteiger partial charge in [0.25, 0.3) is 15.9 Å². The number of amides is 1. The van der Waals surface area contributed by atoms with E-state index >= 15 is 0 Å². The molecule has 0 saturated carbocycles. The summed E-state index contributed by atoms with van der Waals surface area (Å²) in [6.07, 6.45) is 0.785. The molecule has 13 nitrogen and oxygen atoms in total. The fraction of sp³-hybridized carbons (Fsp3) is 0.222. The first kappa shape index (κ1) is 35.4. The maximum atomic E-state index is 13.9. The van der Waals surface area contributed by atoms with Gasteiger partial charge in [0, 0.05) is 11.8 Å². The number of carbonyl (C=O) groups is 1. The summed E-state index contributed by atoms with van der Waals surface area (Å²) in [5, 5.41) is 2.52. The van der Waals surface area contributed by atoms with Crippen molar-refractivity contribution in [3.8, 4) is 40.3 Å². The number of methoxy groups -OCH3 is 2. The highest BCUT2D eigenvalue weighted by Gasteiger charge is 2.26. The van der Waals surface area contributed by atoms with Gasteiger partial charge in [-0.05, 0) is 59.5 Å². The van der Waals surface area contributed by atoms with Crippen molar-refractivity contribution in [1.29, 1.82) is 0 Å². The van der Waals surface area contributed by atoms with Crippen LogP contribution < -0.4 is 29.0 Å². The van der Waals surface area contributed by atoms with Gasteiger partial charge in [-0.15, -0.1) is 0 Å². The molecule has 3 aromatic carbocycles. The molecule has 2 N–H and O–H groups in total. The first-order valence-electron chi connectivity index (χ1n) is 15.4. The van der Waals surface area contributed by atoms with Crippen molar-refractivity contribution in [2.75, 3.05) is 37.5 Å². The van der Waals surface area contributed by atoms with Crippen LogP contribution in [0.25, 0.3) is 11.4 Å². The topological polar surface area (TPSA) is 160 Å². The maximum Gasteiger partial charge on any atom is 0.412 e. The molecular weight excluding hydrogens is 662 g/mol. The van der Waals surface area contributed by atoms with E-state index in [1.807, 2.05) is 20.8 Å². The number of nitrogens with one attached hydrogen (secondary N) is 2. The van der Waals surface area contributed by atoms with E-state index < -0.39 is 16.1 Å². The lowest BCUT2D eigenvalue weighted by atomic mass is 9.87. The standard InChI is InChI=1S/C36H37N5O8S/c1-36(2,3)25-16-18-27(19-17-25)50(43,44)41-33-31(49-29-14-7-6-13-28(29)46-5)34(40-32(39-33)24-11-10-12-26(23-24)45-4)47-21-22-48-35(42)38-30-15-8-9-20-37-30/h6-20,23H,21-22H2,1-5H3,(H,37,38,42)(H,39,40,41). The zero-order valence-electron chi connectivity index (χ0n) is 28.2. The van der Waals surface area contributed by atoms with Crippen molar-refractivity contribution in [3.05, 3.63) is 103 Å². The Labute approximate surface area is 290 Å². The lowest BCUT2D eigenvalue weighted by Gasteiger charge is -2.20. The van der Waals surface area contributed by atoms with Crippen LogP contribution in [-0.4, -0.2) is 56.9 Å². The zero-order chi connectivity index (χ0) is 35.7. The zero-order valence-corrected chi connectivity index (χ0v) is 29.0. The first-order chi connectivity index (χ1) is 24.0. The Morgan fingerprint density at radius 2 is 1.56 bits per heavy atom. The van der Waals surface area contributed by atoms with Gasteiger partial charge in [-0.3, -0.25) is 10.0 Å². The largest absolute Gasteiger partial charge is 0.497 e. The van der Waals surface area contributed by atoms with Crippen LogP contribution in [0.2, 0.25) is 0 Å². The van der Waals surface area contributed by atoms with E-state index in [0.29, 0.717) is 22.9 Å². The molecule has 2 heterocycles. The molecular formula is C36H37N5O8S. The highest BCUT2D eigenvalue weighted by molar-refractivity contribution is 7.92. The summed E-state index contributed by atoms with van der Waals surface area (Å²) >= 11 is 0. The average molecular weight is 700 g/mol. The van der Waals surface area contributed by atoms with Gasteiger partial charge in [0.15, 0.2) is 23.1 Å². The van der Waals surface area contributed by atoms with Gasteiger partial charge in [0.1, 0.15) is 24.8 Å². The Bertz CT molecular complexity index is 2040. The molecule has 0 bridgehead atoms. The predicted octanol–water partition coefficient (Wildman–Crippen LogP) is 7.07. The molecule has 0 aliphatic rings. The third-order valence-corrected chi connectivity index (χ3v) is 8.51. The molecule has 1 amide bonds. The molecule has 0 spiro atoms. The first-order valence-corrected chi connectivity index (χ1v) is 16.9. The summed E-state index contributed by atoms with van der Waals surface area (Å²) in [7, 11) is -1.22. The van der Waals surface area contributed by atoms with Crippen molar-refractivity contribution < 1.29 is 36.9 Å². The SMILES string of the molecule is COc1cccc(-c2nc(NS(=O)(=O)c3ccc(C(C)(C)C)cc3)c(Oc3ccccc3OC)c(OCCOC(=O)Nc3ccccn3)n2)c1. The molecule has 0 aliphatic carbocycles. The lowest BCUT2D eigenvalue weighted by Crippen LogP contribution is -2.19. The molecule has 50 heavy (non-hydrogen) atoms. The number of rotatable bonds is 13. The van der Waals surface area contributed by atoms with Crippen LogP contribution in [0.1, 0.15) is 26.3 Å². The summed E-state index contributed by atoms with van der Waals surface area (Å²) in [5.74, 6) is 1.02. The molecule has 14 heteroatoms. The van der Waals surface area contributed by atoms with Crippen molar-refractivity contribution in [2.24, 2.45) is 0 Å². The van der Waals surface area contributed by atoms with Crippen LogP contribution >= 0.6 is 0 Å². The molecule has 260 valence electrons. The Morgan fingerprint density at radius 1 is 0.820 bits per heavy atom. The molecule has 2 aromatic heterocycles. The molecule has 0 fully saturated rings. The van der Waals surface area contributed by atoms with Crippen LogP contribution in [-0.2, 0) is 20.2 Å². The number of hydrogen-bond acceptors (Lipinski definition) is 11. The highest BCUT2D eigenvalue weighted by Crippen LogP contribution is 2.42. The summed E-state index contributed by atoms with van der Waals surface area (Å²) in [5.41, 5.74) is 1.28. The number of sulfonamides is 1. The Morgan fingerprint density at radius 3 is 2.24 bits per heavy atom. The lowest BCUT2D eigenvalue weighted by molar-refractivity contribution is 0.135. The van der Waals surface area contributed by atoms with E-state index in [-0.39, 0.29) is 52.5 Å². The summed E-state index contributed by atoms with van der Waals surface area (Å²) < 4.78 is 58.7. The van der Waals surface area contributed by atoms with Gasteiger partial charge in [-0.1, -0.05) is 63.2 Å². The Balaban J connectivity index is 1.54.